The summed E-state index contributed by atoms with van der Waals surface area (Å²) in [4.78, 5) is 8.86. The van der Waals surface area contributed by atoms with Crippen molar-refractivity contribution in [1.29, 1.82) is 0 Å². The zero-order valence-corrected chi connectivity index (χ0v) is 12.5. The summed E-state index contributed by atoms with van der Waals surface area (Å²) in [6.45, 7) is 0. The van der Waals surface area contributed by atoms with E-state index in [-0.39, 0.29) is 5.02 Å². The van der Waals surface area contributed by atoms with E-state index >= 15 is 0 Å². The van der Waals surface area contributed by atoms with Gasteiger partial charge in [0.2, 0.25) is 0 Å². The van der Waals surface area contributed by atoms with Crippen LogP contribution in [-0.4, -0.2) is 17.0 Å². The molecular weight excluding hydrogens is 312 g/mol. The number of nitrogens with one attached hydrogen (secondary N) is 1. The number of benzene rings is 2. The van der Waals surface area contributed by atoms with E-state index in [2.05, 4.69) is 15.3 Å². The summed E-state index contributed by atoms with van der Waals surface area (Å²) in [6, 6.07) is 9.83. The lowest BCUT2D eigenvalue weighted by Crippen LogP contribution is -1.99. The first-order valence-electron chi connectivity index (χ1n) is 6.19. The van der Waals surface area contributed by atoms with Gasteiger partial charge in [-0.25, -0.2) is 14.4 Å². The monoisotopic (exact) mass is 321 g/mol. The van der Waals surface area contributed by atoms with Crippen molar-refractivity contribution in [2.24, 2.45) is 0 Å². The van der Waals surface area contributed by atoms with Crippen molar-refractivity contribution in [1.82, 2.24) is 9.97 Å². The third-order valence-corrected chi connectivity index (χ3v) is 3.62. The molecule has 1 N–H and O–H groups in total. The molecular formula is C15H10Cl2FN3. The lowest BCUT2D eigenvalue weighted by molar-refractivity contribution is 0.628. The zero-order chi connectivity index (χ0) is 15.0. The fourth-order valence-corrected chi connectivity index (χ4v) is 2.34. The van der Waals surface area contributed by atoms with E-state index in [1.165, 1.54) is 12.1 Å². The highest BCUT2D eigenvalue weighted by Crippen LogP contribution is 2.28. The van der Waals surface area contributed by atoms with Crippen LogP contribution in [0.5, 0.6) is 0 Å². The van der Waals surface area contributed by atoms with Gasteiger partial charge in [0.15, 0.2) is 5.82 Å². The topological polar surface area (TPSA) is 37.8 Å². The molecule has 0 spiro atoms. The third-order valence-electron chi connectivity index (χ3n) is 3.07. The van der Waals surface area contributed by atoms with Gasteiger partial charge in [-0.05, 0) is 36.4 Å². The number of rotatable bonds is 2. The summed E-state index contributed by atoms with van der Waals surface area (Å²) >= 11 is 11.7. The molecule has 1 aromatic heterocycles. The molecule has 3 aromatic rings. The van der Waals surface area contributed by atoms with Crippen LogP contribution >= 0.6 is 23.2 Å². The first-order valence-corrected chi connectivity index (χ1v) is 6.94. The van der Waals surface area contributed by atoms with Crippen LogP contribution in [0.1, 0.15) is 0 Å². The minimum atomic E-state index is -0.505. The Bertz CT molecular complexity index is 837. The molecule has 0 aliphatic rings. The Hall–Kier alpha value is -1.91. The molecule has 0 aliphatic heterocycles. The number of hydrogen-bond acceptors (Lipinski definition) is 3. The Morgan fingerprint density at radius 1 is 1.05 bits per heavy atom. The first-order chi connectivity index (χ1) is 10.1. The second-order valence-corrected chi connectivity index (χ2v) is 5.28. The highest BCUT2D eigenvalue weighted by atomic mass is 35.5. The molecule has 6 heteroatoms. The summed E-state index contributed by atoms with van der Waals surface area (Å²) < 4.78 is 13.6. The van der Waals surface area contributed by atoms with Gasteiger partial charge in [-0.15, -0.1) is 0 Å². The van der Waals surface area contributed by atoms with E-state index in [0.29, 0.717) is 27.7 Å². The molecule has 3 nitrogen and oxygen atoms in total. The van der Waals surface area contributed by atoms with Crippen molar-refractivity contribution in [3.8, 4) is 11.4 Å². The molecule has 21 heavy (non-hydrogen) atoms. The first kappa shape index (κ1) is 14.0. The lowest BCUT2D eigenvalue weighted by atomic mass is 10.1. The third kappa shape index (κ3) is 2.64. The Morgan fingerprint density at radius 3 is 2.57 bits per heavy atom. The van der Waals surface area contributed by atoms with Crippen LogP contribution in [0.4, 0.5) is 10.2 Å². The SMILES string of the molecule is CNc1nc(-c2ccc(Cl)c(F)c2)nc2cc(Cl)ccc12. The van der Waals surface area contributed by atoms with Gasteiger partial charge < -0.3 is 5.32 Å². The summed E-state index contributed by atoms with van der Waals surface area (Å²) in [5, 5.41) is 4.51. The van der Waals surface area contributed by atoms with E-state index in [1.807, 2.05) is 6.07 Å². The Balaban J connectivity index is 2.24. The highest BCUT2D eigenvalue weighted by molar-refractivity contribution is 6.31. The maximum absolute atomic E-state index is 13.6. The summed E-state index contributed by atoms with van der Waals surface area (Å²) in [5.41, 5.74) is 1.24. The number of aromatic nitrogens is 2. The fourth-order valence-electron chi connectivity index (χ4n) is 2.06. The van der Waals surface area contributed by atoms with E-state index < -0.39 is 5.82 Å². The summed E-state index contributed by atoms with van der Waals surface area (Å²) in [7, 11) is 1.77. The highest BCUT2D eigenvalue weighted by Gasteiger charge is 2.10. The van der Waals surface area contributed by atoms with E-state index in [9.17, 15) is 4.39 Å². The van der Waals surface area contributed by atoms with Crippen molar-refractivity contribution in [3.05, 3.63) is 52.3 Å². The van der Waals surface area contributed by atoms with Crippen LogP contribution in [0, 0.1) is 5.82 Å². The van der Waals surface area contributed by atoms with Crippen molar-refractivity contribution < 1.29 is 4.39 Å². The van der Waals surface area contributed by atoms with Crippen molar-refractivity contribution in [2.75, 3.05) is 12.4 Å². The fraction of sp³-hybridized carbons (Fsp3) is 0.0667. The van der Waals surface area contributed by atoms with Crippen LogP contribution in [-0.2, 0) is 0 Å². The van der Waals surface area contributed by atoms with E-state index in [1.54, 1.807) is 25.2 Å². The second-order valence-electron chi connectivity index (χ2n) is 4.44. The Labute approximate surface area is 130 Å². The minimum absolute atomic E-state index is 0.0661. The van der Waals surface area contributed by atoms with Crippen molar-refractivity contribution in [2.45, 2.75) is 0 Å². The number of hydrogen-bond donors (Lipinski definition) is 1. The molecule has 0 amide bonds. The van der Waals surface area contributed by atoms with E-state index in [4.69, 9.17) is 23.2 Å². The molecule has 3 rings (SSSR count). The quantitative estimate of drug-likeness (QED) is 0.737. The molecule has 0 aliphatic carbocycles. The maximum Gasteiger partial charge on any atom is 0.162 e. The van der Waals surface area contributed by atoms with Crippen LogP contribution in [0.15, 0.2) is 36.4 Å². The van der Waals surface area contributed by atoms with Gasteiger partial charge in [-0.1, -0.05) is 23.2 Å². The molecule has 0 bridgehead atoms. The summed E-state index contributed by atoms with van der Waals surface area (Å²) in [5.74, 6) is 0.557. The predicted molar refractivity (Wildman–Crippen MR) is 84.5 cm³/mol. The predicted octanol–water partition coefficient (Wildman–Crippen LogP) is 4.78. The average molecular weight is 322 g/mol. The zero-order valence-electron chi connectivity index (χ0n) is 11.0. The molecule has 0 atom stereocenters. The van der Waals surface area contributed by atoms with Gasteiger partial charge in [0.25, 0.3) is 0 Å². The number of halogens is 3. The van der Waals surface area contributed by atoms with Crippen molar-refractivity contribution >= 4 is 39.9 Å². The number of anilines is 1. The van der Waals surface area contributed by atoms with Crippen LogP contribution in [0.3, 0.4) is 0 Å². The molecule has 1 heterocycles. The summed E-state index contributed by atoms with van der Waals surface area (Å²) in [6.07, 6.45) is 0. The van der Waals surface area contributed by atoms with Gasteiger partial charge in [0.05, 0.1) is 10.5 Å². The van der Waals surface area contributed by atoms with Gasteiger partial charge in [-0.3, -0.25) is 0 Å². The van der Waals surface area contributed by atoms with Gasteiger partial charge in [-0.2, -0.15) is 0 Å². The standard InChI is InChI=1S/C15H10Cl2FN3/c1-19-15-10-4-3-9(16)7-13(10)20-14(21-15)8-2-5-11(17)12(18)6-8/h2-7H,1H3,(H,19,20,21). The molecule has 0 saturated carbocycles. The molecule has 0 radical (unpaired) electrons. The molecule has 0 unspecified atom stereocenters. The van der Waals surface area contributed by atoms with Crippen LogP contribution in [0.2, 0.25) is 10.0 Å². The maximum atomic E-state index is 13.6. The van der Waals surface area contributed by atoms with Gasteiger partial charge in [0, 0.05) is 23.0 Å². The van der Waals surface area contributed by atoms with Gasteiger partial charge in [0.1, 0.15) is 11.6 Å². The van der Waals surface area contributed by atoms with Crippen molar-refractivity contribution in [3.63, 3.8) is 0 Å². The lowest BCUT2D eigenvalue weighted by Gasteiger charge is -2.09. The largest absolute Gasteiger partial charge is 0.373 e. The van der Waals surface area contributed by atoms with Crippen LogP contribution in [0.25, 0.3) is 22.3 Å². The Kier molecular flexibility index (Phi) is 3.66. The smallest absolute Gasteiger partial charge is 0.162 e. The normalized spacial score (nSPS) is 10.9. The average Bonchev–Trinajstić information content (AvgIpc) is 2.48. The minimum Gasteiger partial charge on any atom is -0.373 e. The van der Waals surface area contributed by atoms with Gasteiger partial charge >= 0.3 is 0 Å². The molecule has 0 saturated heterocycles. The van der Waals surface area contributed by atoms with Crippen LogP contribution < -0.4 is 5.32 Å². The second kappa shape index (κ2) is 5.47. The number of fused-ring (bicyclic) bond motifs is 1. The molecule has 0 fully saturated rings. The number of nitrogens with zero attached hydrogens (tertiary/aromatic N) is 2. The Morgan fingerprint density at radius 2 is 1.86 bits per heavy atom. The molecule has 106 valence electrons. The van der Waals surface area contributed by atoms with E-state index in [0.717, 1.165) is 5.39 Å². The molecule has 2 aromatic carbocycles.